The Morgan fingerprint density at radius 1 is 0.415 bits per heavy atom. The molecule has 0 spiro atoms. The SMILES string of the molecule is CC(C)(C)c1ccc(-c2cc3c(cc2-c2ccc(C(C)(C)C)cc2)-c2nc-3nc3ccc([nH]3)c(-c3c(F)c(F)c(F)c(F)c3F)c3ccc(n2)[nH]3)cc1. The molecule has 10 heteroatoms. The van der Waals surface area contributed by atoms with Gasteiger partial charge in [-0.1, -0.05) is 90.1 Å². The van der Waals surface area contributed by atoms with Crippen LogP contribution < -0.4 is 0 Å². The lowest BCUT2D eigenvalue weighted by Gasteiger charge is -2.21. The number of hydrogen-bond donors (Lipinski definition) is 2. The van der Waals surface area contributed by atoms with Gasteiger partial charge < -0.3 is 9.97 Å². The average Bonchev–Trinajstić information content (AvgIpc) is 3.87. The summed E-state index contributed by atoms with van der Waals surface area (Å²) in [6.07, 6.45) is 0. The predicted octanol–water partition coefficient (Wildman–Crippen LogP) is 11.9. The quantitative estimate of drug-likeness (QED) is 0.109. The molecule has 1 aliphatic rings. The van der Waals surface area contributed by atoms with Gasteiger partial charge in [0.05, 0.1) is 5.56 Å². The minimum atomic E-state index is -2.24. The maximum absolute atomic E-state index is 15.3. The topological polar surface area (TPSA) is 70.2 Å². The van der Waals surface area contributed by atoms with Crippen molar-refractivity contribution in [1.29, 1.82) is 0 Å². The lowest BCUT2D eigenvalue weighted by molar-refractivity contribution is 0.381. The lowest BCUT2D eigenvalue weighted by atomic mass is 9.84. The number of halogens is 5. The van der Waals surface area contributed by atoms with Crippen LogP contribution in [0.4, 0.5) is 22.0 Å². The van der Waals surface area contributed by atoms with E-state index in [1.165, 1.54) is 23.3 Å². The van der Waals surface area contributed by atoms with E-state index in [1.54, 1.807) is 12.1 Å². The molecule has 7 aromatic rings. The van der Waals surface area contributed by atoms with Gasteiger partial charge in [-0.2, -0.15) is 0 Å². The number of hydrogen-bond acceptors (Lipinski definition) is 3. The monoisotopic (exact) mass is 715 g/mol. The van der Waals surface area contributed by atoms with E-state index in [0.29, 0.717) is 22.8 Å². The molecule has 0 fully saturated rings. The molecule has 4 aromatic carbocycles. The van der Waals surface area contributed by atoms with E-state index >= 15 is 8.78 Å². The van der Waals surface area contributed by atoms with Crippen molar-refractivity contribution in [2.75, 3.05) is 0 Å². The summed E-state index contributed by atoms with van der Waals surface area (Å²) in [5.41, 5.74) is 6.93. The van der Waals surface area contributed by atoms with Crippen LogP contribution in [-0.4, -0.2) is 24.9 Å². The molecule has 0 unspecified atom stereocenters. The van der Waals surface area contributed by atoms with Crippen molar-refractivity contribution in [3.05, 3.63) is 125 Å². The minimum Gasteiger partial charge on any atom is -0.340 e. The normalized spacial score (nSPS) is 12.4. The Morgan fingerprint density at radius 2 is 0.792 bits per heavy atom. The molecule has 8 rings (SSSR count). The third-order valence-corrected chi connectivity index (χ3v) is 9.77. The third kappa shape index (κ3) is 5.82. The zero-order valence-electron chi connectivity index (χ0n) is 29.8. The van der Waals surface area contributed by atoms with Crippen molar-refractivity contribution in [1.82, 2.24) is 24.9 Å². The summed E-state index contributed by atoms with van der Waals surface area (Å²) in [4.78, 5) is 20.4. The second-order valence-electron chi connectivity index (χ2n) is 15.4. The minimum absolute atomic E-state index is 0.0315. The molecular weight excluding hydrogens is 681 g/mol. The highest BCUT2D eigenvalue weighted by molar-refractivity contribution is 5.96. The summed E-state index contributed by atoms with van der Waals surface area (Å²) in [7, 11) is 0. The first-order valence-corrected chi connectivity index (χ1v) is 17.2. The summed E-state index contributed by atoms with van der Waals surface area (Å²) in [6.45, 7) is 13.0. The van der Waals surface area contributed by atoms with Crippen LogP contribution in [-0.2, 0) is 10.8 Å². The van der Waals surface area contributed by atoms with Crippen molar-refractivity contribution in [2.24, 2.45) is 0 Å². The highest BCUT2D eigenvalue weighted by Gasteiger charge is 2.29. The Morgan fingerprint density at radius 3 is 1.17 bits per heavy atom. The van der Waals surface area contributed by atoms with E-state index in [0.717, 1.165) is 22.3 Å². The van der Waals surface area contributed by atoms with Crippen LogP contribution in [0.3, 0.4) is 0 Å². The summed E-state index contributed by atoms with van der Waals surface area (Å²) in [5, 5.41) is 0. The maximum atomic E-state index is 15.3. The van der Waals surface area contributed by atoms with E-state index in [2.05, 4.69) is 112 Å². The molecule has 0 radical (unpaired) electrons. The molecule has 0 saturated heterocycles. The van der Waals surface area contributed by atoms with Gasteiger partial charge in [0.15, 0.2) is 34.9 Å². The number of aromatic amines is 2. The number of nitrogens with one attached hydrogen (secondary N) is 2. The fourth-order valence-electron chi connectivity index (χ4n) is 6.79. The average molecular weight is 716 g/mol. The van der Waals surface area contributed by atoms with Gasteiger partial charge in [0.1, 0.15) is 11.3 Å². The van der Waals surface area contributed by atoms with Gasteiger partial charge in [-0.15, -0.1) is 0 Å². The van der Waals surface area contributed by atoms with E-state index in [-0.39, 0.29) is 38.7 Å². The molecule has 0 aliphatic carbocycles. The Bertz CT molecular complexity index is 2500. The van der Waals surface area contributed by atoms with E-state index in [4.69, 9.17) is 15.0 Å². The van der Waals surface area contributed by atoms with Crippen molar-refractivity contribution in [2.45, 2.75) is 52.4 Å². The Kier molecular flexibility index (Phi) is 7.80. The smallest absolute Gasteiger partial charge is 0.200 e. The molecule has 4 heterocycles. The highest BCUT2D eigenvalue weighted by atomic mass is 19.2. The Hall–Kier alpha value is -5.90. The first-order valence-electron chi connectivity index (χ1n) is 17.2. The van der Waals surface area contributed by atoms with Gasteiger partial charge in [-0.25, -0.2) is 36.9 Å². The molecule has 0 saturated carbocycles. The standard InChI is InChI=1S/C43H34F5N5/c1-42(2,3)23-11-7-21(8-12-23)25-19-27-28(20-26(25)22-9-13-24(14-10-22)43(4,5)6)41-52-32-18-16-30(50-32)33(29-15-17-31(49-29)51-40(27)53-41)34-35(44)37(46)39(48)38(47)36(34)45/h7-20H,1-6H3,(H2,49,50,51,52,53). The number of rotatable bonds is 3. The Labute approximate surface area is 302 Å². The first kappa shape index (κ1) is 34.2. The molecule has 3 aromatic heterocycles. The molecule has 5 nitrogen and oxygen atoms in total. The number of fused-ring (bicyclic) bond motifs is 9. The molecule has 6 bridgehead atoms. The van der Waals surface area contributed by atoms with Crippen LogP contribution in [0.2, 0.25) is 0 Å². The zero-order chi connectivity index (χ0) is 37.6. The highest BCUT2D eigenvalue weighted by Crippen LogP contribution is 2.44. The van der Waals surface area contributed by atoms with Crippen LogP contribution in [0.15, 0.2) is 84.9 Å². The zero-order valence-corrected chi connectivity index (χ0v) is 29.8. The molecule has 1 aliphatic heterocycles. The fraction of sp³-hybridized carbons (Fsp3) is 0.186. The lowest BCUT2D eigenvalue weighted by Crippen LogP contribution is -2.10. The third-order valence-electron chi connectivity index (χ3n) is 9.77. The number of benzene rings is 4. The molecule has 2 N–H and O–H groups in total. The van der Waals surface area contributed by atoms with Gasteiger partial charge in [0.2, 0.25) is 5.82 Å². The van der Waals surface area contributed by atoms with Crippen LogP contribution in [0.5, 0.6) is 0 Å². The predicted molar refractivity (Wildman–Crippen MR) is 199 cm³/mol. The number of aromatic nitrogens is 5. The maximum Gasteiger partial charge on any atom is 0.200 e. The fourth-order valence-corrected chi connectivity index (χ4v) is 6.79. The van der Waals surface area contributed by atoms with E-state index < -0.39 is 34.6 Å². The largest absolute Gasteiger partial charge is 0.340 e. The second-order valence-corrected chi connectivity index (χ2v) is 15.4. The second kappa shape index (κ2) is 12.1. The molecule has 53 heavy (non-hydrogen) atoms. The van der Waals surface area contributed by atoms with Crippen molar-refractivity contribution < 1.29 is 22.0 Å². The molecule has 0 amide bonds. The van der Waals surface area contributed by atoms with Crippen LogP contribution in [0.25, 0.3) is 78.5 Å². The van der Waals surface area contributed by atoms with Crippen molar-refractivity contribution >= 4 is 22.3 Å². The molecular formula is C43H34F5N5. The molecule has 0 atom stereocenters. The number of H-pyrrole nitrogens is 2. The van der Waals surface area contributed by atoms with Crippen molar-refractivity contribution in [3.8, 4) is 56.2 Å². The van der Waals surface area contributed by atoms with Crippen molar-refractivity contribution in [3.63, 3.8) is 0 Å². The number of nitrogens with zero attached hydrogens (tertiary/aromatic N) is 3. The summed E-state index contributed by atoms with van der Waals surface area (Å²) < 4.78 is 73.5. The van der Waals surface area contributed by atoms with E-state index in [1.807, 2.05) is 0 Å². The van der Waals surface area contributed by atoms with E-state index in [9.17, 15) is 13.2 Å². The van der Waals surface area contributed by atoms with Gasteiger partial charge in [0.25, 0.3) is 0 Å². The Balaban J connectivity index is 1.39. The summed E-state index contributed by atoms with van der Waals surface area (Å²) in [6, 6.07) is 27.2. The van der Waals surface area contributed by atoms with Gasteiger partial charge in [-0.3, -0.25) is 0 Å². The summed E-state index contributed by atoms with van der Waals surface area (Å²) >= 11 is 0. The first-order chi connectivity index (χ1) is 25.1. The van der Waals surface area contributed by atoms with Crippen LogP contribution in [0, 0.1) is 29.1 Å². The van der Waals surface area contributed by atoms with Gasteiger partial charge in [-0.05, 0) is 80.6 Å². The van der Waals surface area contributed by atoms with Crippen LogP contribution >= 0.6 is 0 Å². The van der Waals surface area contributed by atoms with Gasteiger partial charge >= 0.3 is 0 Å². The van der Waals surface area contributed by atoms with Crippen LogP contribution in [0.1, 0.15) is 52.7 Å². The summed E-state index contributed by atoms with van der Waals surface area (Å²) in [5.74, 6) is -9.57. The van der Waals surface area contributed by atoms with Gasteiger partial charge in [0, 0.05) is 27.7 Å². The molecule has 266 valence electrons.